The van der Waals surface area contributed by atoms with E-state index in [-0.39, 0.29) is 11.8 Å². The van der Waals surface area contributed by atoms with Crippen molar-refractivity contribution < 1.29 is 9.59 Å². The molecule has 1 atom stereocenters. The van der Waals surface area contributed by atoms with E-state index in [1.165, 1.54) is 7.05 Å². The van der Waals surface area contributed by atoms with E-state index in [1.54, 1.807) is 25.1 Å². The molecule has 21 heavy (non-hydrogen) atoms. The van der Waals surface area contributed by atoms with Crippen molar-refractivity contribution in [2.45, 2.75) is 13.0 Å². The maximum absolute atomic E-state index is 12.4. The predicted octanol–water partition coefficient (Wildman–Crippen LogP) is 0.385. The van der Waals surface area contributed by atoms with E-state index in [0.717, 1.165) is 0 Å². The van der Waals surface area contributed by atoms with Crippen LogP contribution >= 0.6 is 0 Å². The van der Waals surface area contributed by atoms with E-state index in [4.69, 9.17) is 5.84 Å². The lowest BCUT2D eigenvalue weighted by atomic mass is 10.1. The highest BCUT2D eigenvalue weighted by atomic mass is 16.2. The van der Waals surface area contributed by atoms with E-state index >= 15 is 0 Å². The number of anilines is 1. The number of fused-ring (bicyclic) bond motifs is 1. The average molecular weight is 287 g/mol. The van der Waals surface area contributed by atoms with Gasteiger partial charge in [-0.1, -0.05) is 18.2 Å². The van der Waals surface area contributed by atoms with Crippen LogP contribution in [0.4, 0.5) is 5.82 Å². The Kier molecular flexibility index (Phi) is 4.34. The third-order valence-corrected chi connectivity index (χ3v) is 3.10. The number of hydrogen-bond donors (Lipinski definition) is 4. The zero-order valence-corrected chi connectivity index (χ0v) is 11.8. The van der Waals surface area contributed by atoms with Gasteiger partial charge in [-0.15, -0.1) is 0 Å². The first-order valence-electron chi connectivity index (χ1n) is 6.45. The highest BCUT2D eigenvalue weighted by Crippen LogP contribution is 2.20. The number of carbonyl (C=O) groups is 2. The number of hydrazine groups is 1. The maximum Gasteiger partial charge on any atom is 0.252 e. The van der Waals surface area contributed by atoms with Crippen molar-refractivity contribution in [3.05, 3.63) is 35.9 Å². The average Bonchev–Trinajstić information content (AvgIpc) is 2.52. The van der Waals surface area contributed by atoms with Gasteiger partial charge < -0.3 is 16.1 Å². The van der Waals surface area contributed by atoms with Crippen molar-refractivity contribution in [2.75, 3.05) is 12.5 Å². The number of nitrogens with two attached hydrogens (primary N) is 1. The molecule has 1 heterocycles. The summed E-state index contributed by atoms with van der Waals surface area (Å²) in [6.07, 6.45) is 0. The summed E-state index contributed by atoms with van der Waals surface area (Å²) in [5.41, 5.74) is 3.48. The molecule has 7 heteroatoms. The molecular weight excluding hydrogens is 270 g/mol. The van der Waals surface area contributed by atoms with Crippen molar-refractivity contribution in [2.24, 2.45) is 5.84 Å². The van der Waals surface area contributed by atoms with Crippen LogP contribution in [0.1, 0.15) is 17.3 Å². The Morgan fingerprint density at radius 1 is 1.29 bits per heavy atom. The minimum atomic E-state index is -0.635. The summed E-state index contributed by atoms with van der Waals surface area (Å²) >= 11 is 0. The normalized spacial score (nSPS) is 11.8. The van der Waals surface area contributed by atoms with Crippen LogP contribution in [0.15, 0.2) is 30.3 Å². The Bertz CT molecular complexity index is 686. The highest BCUT2D eigenvalue weighted by molar-refractivity contribution is 6.08. The van der Waals surface area contributed by atoms with Gasteiger partial charge in [0.05, 0.1) is 11.1 Å². The van der Waals surface area contributed by atoms with Crippen molar-refractivity contribution >= 4 is 28.5 Å². The first-order chi connectivity index (χ1) is 10.1. The van der Waals surface area contributed by atoms with Gasteiger partial charge in [-0.25, -0.2) is 10.8 Å². The SMILES string of the molecule is CNC(=O)C(C)NC(=O)c1cc(NN)nc2ccccc12. The van der Waals surface area contributed by atoms with Gasteiger partial charge in [0.25, 0.3) is 5.91 Å². The molecule has 0 aliphatic rings. The predicted molar refractivity (Wildman–Crippen MR) is 80.5 cm³/mol. The van der Waals surface area contributed by atoms with Gasteiger partial charge >= 0.3 is 0 Å². The fourth-order valence-corrected chi connectivity index (χ4v) is 1.99. The fraction of sp³-hybridized carbons (Fsp3) is 0.214. The molecule has 1 aromatic carbocycles. The van der Waals surface area contributed by atoms with Gasteiger partial charge in [0.2, 0.25) is 5.91 Å². The molecule has 0 saturated heterocycles. The molecule has 1 aromatic heterocycles. The van der Waals surface area contributed by atoms with Gasteiger partial charge in [-0.3, -0.25) is 9.59 Å². The number of para-hydroxylation sites is 1. The summed E-state index contributed by atoms with van der Waals surface area (Å²) in [6.45, 7) is 1.61. The summed E-state index contributed by atoms with van der Waals surface area (Å²) in [4.78, 5) is 28.1. The number of amides is 2. The van der Waals surface area contributed by atoms with Crippen LogP contribution in [0.2, 0.25) is 0 Å². The van der Waals surface area contributed by atoms with Gasteiger partial charge in [0, 0.05) is 12.4 Å². The van der Waals surface area contributed by atoms with E-state index in [9.17, 15) is 9.59 Å². The number of nitrogens with one attached hydrogen (secondary N) is 3. The second-order valence-electron chi connectivity index (χ2n) is 4.53. The molecule has 1 unspecified atom stereocenters. The second-order valence-corrected chi connectivity index (χ2v) is 4.53. The van der Waals surface area contributed by atoms with Crippen molar-refractivity contribution in [3.63, 3.8) is 0 Å². The summed E-state index contributed by atoms with van der Waals surface area (Å²) in [5, 5.41) is 5.82. The smallest absolute Gasteiger partial charge is 0.252 e. The molecule has 7 nitrogen and oxygen atoms in total. The van der Waals surface area contributed by atoms with Gasteiger partial charge in [0.15, 0.2) is 0 Å². The molecule has 2 amide bonds. The standard InChI is InChI=1S/C14H17N5O2/c1-8(13(20)16-2)17-14(21)10-7-12(19-15)18-11-6-4-3-5-9(10)11/h3-8H,15H2,1-2H3,(H,16,20)(H,17,21)(H,18,19). The number of nitrogen functional groups attached to an aromatic ring is 1. The Morgan fingerprint density at radius 2 is 2.00 bits per heavy atom. The number of carbonyl (C=O) groups excluding carboxylic acids is 2. The molecule has 5 N–H and O–H groups in total. The van der Waals surface area contributed by atoms with Crippen LogP contribution < -0.4 is 21.9 Å². The lowest BCUT2D eigenvalue weighted by Crippen LogP contribution is -2.43. The van der Waals surface area contributed by atoms with Crippen LogP contribution in [0.25, 0.3) is 10.9 Å². The molecule has 2 aromatic rings. The number of rotatable bonds is 4. The van der Waals surface area contributed by atoms with E-state index < -0.39 is 6.04 Å². The maximum atomic E-state index is 12.4. The fourth-order valence-electron chi connectivity index (χ4n) is 1.99. The van der Waals surface area contributed by atoms with Crippen molar-refractivity contribution in [3.8, 4) is 0 Å². The van der Waals surface area contributed by atoms with Crippen LogP contribution in [0.5, 0.6) is 0 Å². The summed E-state index contributed by atoms with van der Waals surface area (Å²) in [7, 11) is 1.52. The van der Waals surface area contributed by atoms with E-state index in [0.29, 0.717) is 22.3 Å². The number of aromatic nitrogens is 1. The summed E-state index contributed by atoms with van der Waals surface area (Å²) in [6, 6.07) is 8.14. The van der Waals surface area contributed by atoms with Crippen molar-refractivity contribution in [1.29, 1.82) is 0 Å². The minimum absolute atomic E-state index is 0.265. The number of pyridine rings is 1. The van der Waals surface area contributed by atoms with Gasteiger partial charge in [-0.05, 0) is 19.1 Å². The molecule has 0 radical (unpaired) electrons. The third-order valence-electron chi connectivity index (χ3n) is 3.10. The molecule has 0 spiro atoms. The van der Waals surface area contributed by atoms with Gasteiger partial charge in [-0.2, -0.15) is 0 Å². The third kappa shape index (κ3) is 3.09. The molecule has 0 saturated carbocycles. The zero-order chi connectivity index (χ0) is 15.4. The highest BCUT2D eigenvalue weighted by Gasteiger charge is 2.18. The van der Waals surface area contributed by atoms with Crippen LogP contribution in [0.3, 0.4) is 0 Å². The Morgan fingerprint density at radius 3 is 2.67 bits per heavy atom. The second kappa shape index (κ2) is 6.19. The molecule has 0 bridgehead atoms. The zero-order valence-electron chi connectivity index (χ0n) is 11.8. The van der Waals surface area contributed by atoms with Gasteiger partial charge in [0.1, 0.15) is 11.9 Å². The summed E-state index contributed by atoms with van der Waals surface area (Å²) < 4.78 is 0. The Hall–Kier alpha value is -2.67. The molecule has 2 rings (SSSR count). The van der Waals surface area contributed by atoms with Crippen molar-refractivity contribution in [1.82, 2.24) is 15.6 Å². The number of hydrogen-bond acceptors (Lipinski definition) is 5. The topological polar surface area (TPSA) is 109 Å². The molecule has 0 fully saturated rings. The number of benzene rings is 1. The van der Waals surface area contributed by atoms with Crippen LogP contribution in [-0.2, 0) is 4.79 Å². The first-order valence-corrected chi connectivity index (χ1v) is 6.45. The molecule has 0 aliphatic carbocycles. The monoisotopic (exact) mass is 287 g/mol. The van der Waals surface area contributed by atoms with Crippen LogP contribution in [-0.4, -0.2) is 29.9 Å². The Balaban J connectivity index is 2.40. The number of likely N-dealkylation sites (N-methyl/N-ethyl adjacent to an activating group) is 1. The minimum Gasteiger partial charge on any atom is -0.357 e. The molecular formula is C14H17N5O2. The van der Waals surface area contributed by atoms with E-state index in [2.05, 4.69) is 21.0 Å². The lowest BCUT2D eigenvalue weighted by Gasteiger charge is -2.14. The quantitative estimate of drug-likeness (QED) is 0.480. The van der Waals surface area contributed by atoms with E-state index in [1.807, 2.05) is 12.1 Å². The number of nitrogens with zero attached hydrogens (tertiary/aromatic N) is 1. The van der Waals surface area contributed by atoms with Crippen LogP contribution in [0, 0.1) is 0 Å². The molecule has 0 aliphatic heterocycles. The molecule has 110 valence electrons. The Labute approximate surface area is 121 Å². The largest absolute Gasteiger partial charge is 0.357 e. The lowest BCUT2D eigenvalue weighted by molar-refractivity contribution is -0.122. The summed E-state index contributed by atoms with van der Waals surface area (Å²) in [5.74, 6) is 5.13. The first kappa shape index (κ1) is 14.7.